The van der Waals surface area contributed by atoms with Crippen molar-refractivity contribution in [1.82, 2.24) is 14.7 Å². The van der Waals surface area contributed by atoms with Gasteiger partial charge in [-0.3, -0.25) is 4.79 Å². The molecule has 1 aliphatic rings. The Hall–Kier alpha value is -2.07. The van der Waals surface area contributed by atoms with E-state index in [0.29, 0.717) is 18.1 Å². The third kappa shape index (κ3) is 5.54. The number of carbonyl (C=O) groups is 1. The first-order valence-electron chi connectivity index (χ1n) is 9.61. The first kappa shape index (κ1) is 22.6. The van der Waals surface area contributed by atoms with E-state index in [-0.39, 0.29) is 33.5 Å². The summed E-state index contributed by atoms with van der Waals surface area (Å²) in [6, 6.07) is 4.09. The molecule has 8 nitrogen and oxygen atoms in total. The Kier molecular flexibility index (Phi) is 6.76. The van der Waals surface area contributed by atoms with Crippen LogP contribution in [0.5, 0.6) is 0 Å². The number of hydrogen-bond acceptors (Lipinski definition) is 6. The maximum absolute atomic E-state index is 12.7. The number of sulfonamides is 1. The van der Waals surface area contributed by atoms with Crippen molar-refractivity contribution in [3.05, 3.63) is 47.0 Å². The fourth-order valence-corrected chi connectivity index (χ4v) is 4.51. The molecule has 1 fully saturated rings. The number of ether oxygens (including phenoxy) is 1. The predicted octanol–water partition coefficient (Wildman–Crippen LogP) is 3.14. The van der Waals surface area contributed by atoms with Gasteiger partial charge in [0, 0.05) is 24.1 Å². The van der Waals surface area contributed by atoms with Crippen molar-refractivity contribution < 1.29 is 17.9 Å². The van der Waals surface area contributed by atoms with Crippen molar-refractivity contribution in [2.45, 2.75) is 50.0 Å². The summed E-state index contributed by atoms with van der Waals surface area (Å²) in [4.78, 5) is 21.0. The second-order valence-corrected chi connectivity index (χ2v) is 10.3. The zero-order valence-electron chi connectivity index (χ0n) is 17.1. The van der Waals surface area contributed by atoms with Crippen LogP contribution < -0.4 is 10.0 Å². The summed E-state index contributed by atoms with van der Waals surface area (Å²) in [7, 11) is -3.90. The van der Waals surface area contributed by atoms with E-state index in [2.05, 4.69) is 20.0 Å². The molecule has 1 unspecified atom stereocenters. The SMILES string of the molecule is CC(C)(C)c1ncc(NC(=O)c2ccc(Cl)c(S(=O)(=O)NCC3CCCO3)c2)cn1. The van der Waals surface area contributed by atoms with Crippen molar-refractivity contribution in [3.63, 3.8) is 0 Å². The number of carbonyl (C=O) groups excluding carboxylic acids is 1. The van der Waals surface area contributed by atoms with Gasteiger partial charge < -0.3 is 10.1 Å². The minimum atomic E-state index is -3.90. The number of amides is 1. The number of nitrogens with zero attached hydrogens (tertiary/aromatic N) is 2. The van der Waals surface area contributed by atoms with E-state index in [1.54, 1.807) is 0 Å². The highest BCUT2D eigenvalue weighted by Crippen LogP contribution is 2.24. The Morgan fingerprint density at radius 1 is 1.27 bits per heavy atom. The second kappa shape index (κ2) is 8.97. The molecule has 1 aliphatic heterocycles. The Labute approximate surface area is 181 Å². The van der Waals surface area contributed by atoms with E-state index in [9.17, 15) is 13.2 Å². The van der Waals surface area contributed by atoms with Crippen LogP contribution in [-0.4, -0.2) is 43.5 Å². The minimum Gasteiger partial charge on any atom is -0.377 e. The summed E-state index contributed by atoms with van der Waals surface area (Å²) < 4.78 is 33.3. The van der Waals surface area contributed by atoms with E-state index in [1.807, 2.05) is 20.8 Å². The minimum absolute atomic E-state index is 0.0317. The Morgan fingerprint density at radius 3 is 2.57 bits per heavy atom. The first-order valence-corrected chi connectivity index (χ1v) is 11.5. The van der Waals surface area contributed by atoms with E-state index in [1.165, 1.54) is 30.6 Å². The number of hydrogen-bond donors (Lipinski definition) is 2. The molecule has 2 aromatic rings. The molecule has 30 heavy (non-hydrogen) atoms. The third-order valence-electron chi connectivity index (χ3n) is 4.59. The molecule has 0 radical (unpaired) electrons. The number of rotatable bonds is 6. The van der Waals surface area contributed by atoms with Crippen LogP contribution in [0.1, 0.15) is 49.8 Å². The Bertz CT molecular complexity index is 1010. The van der Waals surface area contributed by atoms with Crippen LogP contribution in [0.3, 0.4) is 0 Å². The van der Waals surface area contributed by atoms with Crippen molar-refractivity contribution >= 4 is 33.2 Å². The van der Waals surface area contributed by atoms with Crippen LogP contribution in [-0.2, 0) is 20.2 Å². The molecule has 0 spiro atoms. The van der Waals surface area contributed by atoms with Gasteiger partial charge in [0.05, 0.1) is 29.2 Å². The third-order valence-corrected chi connectivity index (χ3v) is 6.49. The Morgan fingerprint density at radius 2 is 1.97 bits per heavy atom. The molecule has 0 aliphatic carbocycles. The second-order valence-electron chi connectivity index (χ2n) is 8.13. The largest absolute Gasteiger partial charge is 0.377 e. The normalized spacial score (nSPS) is 17.1. The molecule has 1 aromatic carbocycles. The molecule has 3 rings (SSSR count). The maximum Gasteiger partial charge on any atom is 0.255 e. The van der Waals surface area contributed by atoms with E-state index < -0.39 is 15.9 Å². The first-order chi connectivity index (χ1) is 14.1. The van der Waals surface area contributed by atoms with Gasteiger partial charge in [-0.25, -0.2) is 23.1 Å². The highest BCUT2D eigenvalue weighted by Gasteiger charge is 2.23. The number of halogens is 1. The smallest absolute Gasteiger partial charge is 0.255 e. The van der Waals surface area contributed by atoms with Gasteiger partial charge >= 0.3 is 0 Å². The number of anilines is 1. The van der Waals surface area contributed by atoms with Gasteiger partial charge in [0.15, 0.2) is 0 Å². The molecule has 1 saturated heterocycles. The summed E-state index contributed by atoms with van der Waals surface area (Å²) in [5, 5.41) is 2.70. The molecular weight excluding hydrogens is 428 g/mol. The van der Waals surface area contributed by atoms with Crippen LogP contribution in [0.4, 0.5) is 5.69 Å². The van der Waals surface area contributed by atoms with Crippen molar-refractivity contribution in [3.8, 4) is 0 Å². The highest BCUT2D eigenvalue weighted by molar-refractivity contribution is 7.89. The van der Waals surface area contributed by atoms with Gasteiger partial charge in [-0.2, -0.15) is 0 Å². The molecule has 1 amide bonds. The summed E-state index contributed by atoms with van der Waals surface area (Å²) >= 11 is 6.10. The zero-order valence-corrected chi connectivity index (χ0v) is 18.7. The van der Waals surface area contributed by atoms with Crippen LogP contribution in [0, 0.1) is 0 Å². The van der Waals surface area contributed by atoms with Gasteiger partial charge in [-0.1, -0.05) is 32.4 Å². The molecular formula is C20H25ClN4O4S. The fourth-order valence-electron chi connectivity index (χ4n) is 2.92. The predicted molar refractivity (Wildman–Crippen MR) is 114 cm³/mol. The monoisotopic (exact) mass is 452 g/mol. The number of aromatic nitrogens is 2. The summed E-state index contributed by atoms with van der Waals surface area (Å²) in [6.07, 6.45) is 4.59. The van der Waals surface area contributed by atoms with Gasteiger partial charge in [-0.05, 0) is 31.0 Å². The Balaban J connectivity index is 1.74. The fraction of sp³-hybridized carbons (Fsp3) is 0.450. The summed E-state index contributed by atoms with van der Waals surface area (Å²) in [6.45, 7) is 6.76. The zero-order chi connectivity index (χ0) is 21.9. The van der Waals surface area contributed by atoms with Crippen LogP contribution in [0.2, 0.25) is 5.02 Å². The van der Waals surface area contributed by atoms with Crippen LogP contribution >= 0.6 is 11.6 Å². The summed E-state index contributed by atoms with van der Waals surface area (Å²) in [5.41, 5.74) is 0.346. The van der Waals surface area contributed by atoms with Gasteiger partial charge in [0.1, 0.15) is 10.7 Å². The number of nitrogens with one attached hydrogen (secondary N) is 2. The van der Waals surface area contributed by atoms with E-state index in [0.717, 1.165) is 12.8 Å². The van der Waals surface area contributed by atoms with E-state index >= 15 is 0 Å². The topological polar surface area (TPSA) is 110 Å². The molecule has 162 valence electrons. The van der Waals surface area contributed by atoms with E-state index in [4.69, 9.17) is 16.3 Å². The number of benzene rings is 1. The molecule has 1 aromatic heterocycles. The lowest BCUT2D eigenvalue weighted by molar-refractivity contribution is 0.102. The van der Waals surface area contributed by atoms with Gasteiger partial charge in [0.25, 0.3) is 5.91 Å². The van der Waals surface area contributed by atoms with Crippen molar-refractivity contribution in [2.75, 3.05) is 18.5 Å². The molecule has 0 bridgehead atoms. The molecule has 2 N–H and O–H groups in total. The molecule has 10 heteroatoms. The van der Waals surface area contributed by atoms with Crippen molar-refractivity contribution in [1.29, 1.82) is 0 Å². The lowest BCUT2D eigenvalue weighted by atomic mass is 9.96. The highest BCUT2D eigenvalue weighted by atomic mass is 35.5. The van der Waals surface area contributed by atoms with Crippen LogP contribution in [0.15, 0.2) is 35.5 Å². The lowest BCUT2D eigenvalue weighted by Crippen LogP contribution is -2.32. The van der Waals surface area contributed by atoms with Gasteiger partial charge in [0.2, 0.25) is 10.0 Å². The molecule has 1 atom stereocenters. The van der Waals surface area contributed by atoms with Crippen LogP contribution in [0.25, 0.3) is 0 Å². The quantitative estimate of drug-likeness (QED) is 0.696. The standard InChI is InChI=1S/C20H25ClN4O4S/c1-20(2,3)19-22-10-14(11-23-19)25-18(26)13-6-7-16(21)17(9-13)30(27,28)24-12-15-5-4-8-29-15/h6-7,9-11,15,24H,4-5,8,12H2,1-3H3,(H,25,26). The molecule has 2 heterocycles. The maximum atomic E-state index is 12.7. The van der Waals surface area contributed by atoms with Crippen molar-refractivity contribution in [2.24, 2.45) is 0 Å². The summed E-state index contributed by atoms with van der Waals surface area (Å²) in [5.74, 6) is 0.159. The lowest BCUT2D eigenvalue weighted by Gasteiger charge is -2.16. The van der Waals surface area contributed by atoms with Gasteiger partial charge in [-0.15, -0.1) is 0 Å². The average molecular weight is 453 g/mol. The average Bonchev–Trinajstić information content (AvgIpc) is 3.20. The molecule has 0 saturated carbocycles.